The normalized spacial score (nSPS) is 23.9. The molecule has 2 aliphatic carbocycles. The summed E-state index contributed by atoms with van der Waals surface area (Å²) in [6, 6.07) is 3.48. The Labute approximate surface area is 235 Å². The third-order valence-corrected chi connectivity index (χ3v) is 7.87. The van der Waals surface area contributed by atoms with Crippen LogP contribution in [0, 0.1) is 25.7 Å². The van der Waals surface area contributed by atoms with Crippen molar-refractivity contribution in [3.05, 3.63) is 23.5 Å². The van der Waals surface area contributed by atoms with Gasteiger partial charge >= 0.3 is 0 Å². The molecule has 0 spiro atoms. The molecule has 3 heterocycles. The Morgan fingerprint density at radius 1 is 1.10 bits per heavy atom. The molecule has 0 saturated heterocycles. The molecule has 10 nitrogen and oxygen atoms in total. The summed E-state index contributed by atoms with van der Waals surface area (Å²) in [6.07, 6.45) is 0.611. The molecule has 5 atom stereocenters. The number of pyridine rings is 1. The molecule has 1 unspecified atom stereocenters. The van der Waals surface area contributed by atoms with Gasteiger partial charge in [-0.15, -0.1) is 12.4 Å². The van der Waals surface area contributed by atoms with Crippen molar-refractivity contribution >= 4 is 35.1 Å². The second kappa shape index (κ2) is 11.1. The van der Waals surface area contributed by atoms with E-state index in [1.807, 2.05) is 32.9 Å². The Hall–Kier alpha value is -2.66. The highest BCUT2D eigenvalue weighted by Crippen LogP contribution is 2.40. The number of anilines is 2. The summed E-state index contributed by atoms with van der Waals surface area (Å²) in [5.74, 6) is 2.20. The van der Waals surface area contributed by atoms with Gasteiger partial charge in [-0.25, -0.2) is 9.97 Å². The zero-order chi connectivity index (χ0) is 27.4. The molecule has 0 amide bonds. The molecular formula is C28H40ClN5O5. The standard InChI is InChI=1S/C28H39N5O5.ClH/c1-7-37-21-11-17-10-20(38-25(17)15(4)29-21)22-14(3)31-27(30-13(2)16-8-9-16)33-26(22)32-19-12-18(28(5,6)36)23(34)24(19)35;/h10-11,13,16,18-19,23-24,34-36H,7-9,12H2,1-6H3,(H2,30,31,32,33);1H/t13?,18-,19+,23+,24-;/m0./s1. The molecular weight excluding hydrogens is 522 g/mol. The van der Waals surface area contributed by atoms with Crippen molar-refractivity contribution < 1.29 is 24.5 Å². The molecule has 3 aromatic rings. The number of fused-ring (bicyclic) bond motifs is 1. The Balaban J connectivity index is 0.00000353. The molecule has 0 aromatic carbocycles. The molecule has 39 heavy (non-hydrogen) atoms. The van der Waals surface area contributed by atoms with Crippen LogP contribution in [0.2, 0.25) is 0 Å². The van der Waals surface area contributed by atoms with Crippen LogP contribution in [0.25, 0.3) is 22.3 Å². The summed E-state index contributed by atoms with van der Waals surface area (Å²) in [5.41, 5.74) is 1.59. The summed E-state index contributed by atoms with van der Waals surface area (Å²) < 4.78 is 11.9. The number of aliphatic hydroxyl groups is 3. The maximum absolute atomic E-state index is 10.9. The number of hydrogen-bond acceptors (Lipinski definition) is 10. The van der Waals surface area contributed by atoms with Gasteiger partial charge in [0, 0.05) is 23.4 Å². The first-order valence-corrected chi connectivity index (χ1v) is 13.5. The van der Waals surface area contributed by atoms with Crippen LogP contribution in [0.4, 0.5) is 11.8 Å². The topological polar surface area (TPSA) is 146 Å². The molecule has 2 aliphatic rings. The highest BCUT2D eigenvalue weighted by atomic mass is 35.5. The fourth-order valence-corrected chi connectivity index (χ4v) is 5.53. The molecule has 214 valence electrons. The van der Waals surface area contributed by atoms with Crippen molar-refractivity contribution in [2.45, 2.75) is 90.7 Å². The molecule has 0 aliphatic heterocycles. The number of aryl methyl sites for hydroxylation is 2. The second-order valence-electron chi connectivity index (χ2n) is 11.4. The SMILES string of the molecule is CCOc1cc2cc(-c3c(C)nc(NC(C)C4CC4)nc3N[C@@H]3C[C@H](C(C)(C)O)[C@@H](O)[C@H]3O)oc2c(C)n1.Cl. The Morgan fingerprint density at radius 3 is 2.44 bits per heavy atom. The Morgan fingerprint density at radius 2 is 1.82 bits per heavy atom. The average Bonchev–Trinajstić information content (AvgIpc) is 3.53. The van der Waals surface area contributed by atoms with E-state index >= 15 is 0 Å². The lowest BCUT2D eigenvalue weighted by Gasteiger charge is -2.28. The predicted molar refractivity (Wildman–Crippen MR) is 153 cm³/mol. The van der Waals surface area contributed by atoms with Crippen LogP contribution >= 0.6 is 12.4 Å². The average molecular weight is 562 g/mol. The molecule has 0 radical (unpaired) electrons. The van der Waals surface area contributed by atoms with Crippen LogP contribution in [-0.2, 0) is 0 Å². The van der Waals surface area contributed by atoms with Crippen LogP contribution in [0.3, 0.4) is 0 Å². The first kappa shape index (κ1) is 29.3. The van der Waals surface area contributed by atoms with E-state index in [1.54, 1.807) is 13.8 Å². The summed E-state index contributed by atoms with van der Waals surface area (Å²) in [5, 5.41) is 39.8. The zero-order valence-electron chi connectivity index (χ0n) is 23.4. The molecule has 5 rings (SSSR count). The van der Waals surface area contributed by atoms with E-state index in [1.165, 1.54) is 12.8 Å². The fourth-order valence-electron chi connectivity index (χ4n) is 5.53. The number of aromatic nitrogens is 3. The van der Waals surface area contributed by atoms with E-state index in [9.17, 15) is 15.3 Å². The first-order valence-electron chi connectivity index (χ1n) is 13.5. The zero-order valence-corrected chi connectivity index (χ0v) is 24.2. The van der Waals surface area contributed by atoms with Crippen LogP contribution in [0.1, 0.15) is 58.3 Å². The minimum atomic E-state index is -1.14. The van der Waals surface area contributed by atoms with E-state index < -0.39 is 29.8 Å². The van der Waals surface area contributed by atoms with Gasteiger partial charge in [-0.05, 0) is 72.8 Å². The maximum Gasteiger partial charge on any atom is 0.225 e. The van der Waals surface area contributed by atoms with Gasteiger partial charge in [0.25, 0.3) is 0 Å². The Kier molecular flexibility index (Phi) is 8.33. The van der Waals surface area contributed by atoms with E-state index in [0.717, 1.165) is 5.39 Å². The molecule has 0 bridgehead atoms. The summed E-state index contributed by atoms with van der Waals surface area (Å²) in [6.45, 7) is 11.6. The van der Waals surface area contributed by atoms with Crippen molar-refractivity contribution in [2.75, 3.05) is 17.2 Å². The van der Waals surface area contributed by atoms with Crippen molar-refractivity contribution in [3.8, 4) is 17.2 Å². The van der Waals surface area contributed by atoms with Crippen molar-refractivity contribution in [1.82, 2.24) is 15.0 Å². The number of rotatable bonds is 9. The van der Waals surface area contributed by atoms with Gasteiger partial charge in [0.2, 0.25) is 11.8 Å². The third-order valence-electron chi connectivity index (χ3n) is 7.87. The molecule has 2 fully saturated rings. The monoisotopic (exact) mass is 561 g/mol. The summed E-state index contributed by atoms with van der Waals surface area (Å²) >= 11 is 0. The number of nitrogens with zero attached hydrogens (tertiary/aromatic N) is 3. The van der Waals surface area contributed by atoms with Gasteiger partial charge in [0.15, 0.2) is 5.58 Å². The van der Waals surface area contributed by atoms with Gasteiger partial charge in [0.1, 0.15) is 17.7 Å². The quantitative estimate of drug-likeness (QED) is 0.257. The van der Waals surface area contributed by atoms with Gasteiger partial charge < -0.3 is 35.1 Å². The predicted octanol–water partition coefficient (Wildman–Crippen LogP) is 4.23. The number of ether oxygens (including phenoxy) is 1. The lowest BCUT2D eigenvalue weighted by molar-refractivity contribution is -0.0601. The van der Waals surface area contributed by atoms with Crippen LogP contribution in [0.5, 0.6) is 5.88 Å². The van der Waals surface area contributed by atoms with Gasteiger partial charge in [-0.1, -0.05) is 0 Å². The van der Waals surface area contributed by atoms with Crippen LogP contribution in [-0.4, -0.2) is 66.8 Å². The third kappa shape index (κ3) is 5.94. The van der Waals surface area contributed by atoms with Gasteiger partial charge in [-0.3, -0.25) is 0 Å². The molecule has 3 aromatic heterocycles. The minimum Gasteiger partial charge on any atom is -0.478 e. The number of furan rings is 1. The highest BCUT2D eigenvalue weighted by molar-refractivity contribution is 5.88. The largest absolute Gasteiger partial charge is 0.478 e. The number of aliphatic hydroxyl groups excluding tert-OH is 2. The molecule has 11 heteroatoms. The van der Waals surface area contributed by atoms with Gasteiger partial charge in [0.05, 0.1) is 41.3 Å². The van der Waals surface area contributed by atoms with Crippen molar-refractivity contribution in [1.29, 1.82) is 0 Å². The second-order valence-corrected chi connectivity index (χ2v) is 11.4. The van der Waals surface area contributed by atoms with E-state index in [-0.39, 0.29) is 18.4 Å². The number of hydrogen-bond donors (Lipinski definition) is 5. The maximum atomic E-state index is 10.9. The smallest absolute Gasteiger partial charge is 0.225 e. The van der Waals surface area contributed by atoms with E-state index in [4.69, 9.17) is 19.1 Å². The number of nitrogens with one attached hydrogen (secondary N) is 2. The number of halogens is 1. The fraction of sp³-hybridized carbons (Fsp3) is 0.607. The summed E-state index contributed by atoms with van der Waals surface area (Å²) in [7, 11) is 0. The molecule has 5 N–H and O–H groups in total. The minimum absolute atomic E-state index is 0. The lowest BCUT2D eigenvalue weighted by atomic mass is 9.88. The highest BCUT2D eigenvalue weighted by Gasteiger charge is 2.48. The summed E-state index contributed by atoms with van der Waals surface area (Å²) in [4.78, 5) is 14.1. The Bertz CT molecular complexity index is 1320. The first-order chi connectivity index (χ1) is 18.0. The van der Waals surface area contributed by atoms with Gasteiger partial charge in [-0.2, -0.15) is 4.98 Å². The van der Waals surface area contributed by atoms with E-state index in [0.29, 0.717) is 64.9 Å². The molecule has 2 saturated carbocycles. The van der Waals surface area contributed by atoms with Crippen molar-refractivity contribution in [3.63, 3.8) is 0 Å². The van der Waals surface area contributed by atoms with Crippen LogP contribution in [0.15, 0.2) is 16.5 Å². The van der Waals surface area contributed by atoms with Crippen LogP contribution < -0.4 is 15.4 Å². The van der Waals surface area contributed by atoms with Crippen molar-refractivity contribution in [2.24, 2.45) is 11.8 Å². The lowest BCUT2D eigenvalue weighted by Crippen LogP contribution is -2.40. The van der Waals surface area contributed by atoms with E-state index in [2.05, 4.69) is 22.5 Å².